The van der Waals surface area contributed by atoms with Crippen molar-refractivity contribution in [1.82, 2.24) is 0 Å². The molecule has 2 heteroatoms. The van der Waals surface area contributed by atoms with Gasteiger partial charge in [0, 0.05) is 12.4 Å². The predicted molar refractivity (Wildman–Crippen MR) is 56.5 cm³/mol. The van der Waals surface area contributed by atoms with Gasteiger partial charge in [0.25, 0.3) is 0 Å². The summed E-state index contributed by atoms with van der Waals surface area (Å²) in [6, 6.07) is 9.76. The van der Waals surface area contributed by atoms with Crippen molar-refractivity contribution in [2.45, 2.75) is 6.42 Å². The number of hydrogen-bond donors (Lipinski definition) is 0. The first-order valence-electron chi connectivity index (χ1n) is 4.52. The molecule has 2 nitrogen and oxygen atoms in total. The molecule has 0 aliphatic carbocycles. The third-order valence-electron chi connectivity index (χ3n) is 2.11. The second-order valence-corrected chi connectivity index (χ2v) is 3.04. The Morgan fingerprint density at radius 1 is 1.14 bits per heavy atom. The highest BCUT2D eigenvalue weighted by atomic mass is 15.1. The van der Waals surface area contributed by atoms with Gasteiger partial charge in [-0.05, 0) is 18.6 Å². The molecule has 0 aromatic heterocycles. The van der Waals surface area contributed by atoms with Gasteiger partial charge in [-0.3, -0.25) is 0 Å². The summed E-state index contributed by atoms with van der Waals surface area (Å²) in [5.74, 6) is 0. The van der Waals surface area contributed by atoms with Gasteiger partial charge in [0.05, 0.1) is 11.3 Å². The molecular weight excluding hydrogens is 172 g/mol. The Kier molecular flexibility index (Phi) is 2.33. The lowest BCUT2D eigenvalue weighted by Crippen LogP contribution is -2.10. The first-order chi connectivity index (χ1) is 6.92. The summed E-state index contributed by atoms with van der Waals surface area (Å²) in [5, 5.41) is 8.92. The van der Waals surface area contributed by atoms with E-state index in [2.05, 4.69) is 18.2 Å². The van der Waals surface area contributed by atoms with Crippen LogP contribution >= 0.6 is 0 Å². The van der Waals surface area contributed by atoms with Crippen molar-refractivity contribution in [3.8, 4) is 6.07 Å². The van der Waals surface area contributed by atoms with E-state index in [1.807, 2.05) is 41.6 Å². The highest BCUT2D eigenvalue weighted by molar-refractivity contribution is 5.63. The van der Waals surface area contributed by atoms with E-state index in [1.165, 1.54) is 0 Å². The lowest BCUT2D eigenvalue weighted by molar-refractivity contribution is 1.18. The number of hydrogen-bond acceptors (Lipinski definition) is 2. The van der Waals surface area contributed by atoms with E-state index in [1.54, 1.807) is 0 Å². The zero-order valence-corrected chi connectivity index (χ0v) is 7.72. The summed E-state index contributed by atoms with van der Waals surface area (Å²) >= 11 is 0. The van der Waals surface area contributed by atoms with Crippen molar-refractivity contribution in [2.24, 2.45) is 0 Å². The quantitative estimate of drug-likeness (QED) is 0.667. The summed E-state index contributed by atoms with van der Waals surface area (Å²) in [6.07, 6.45) is 9.06. The van der Waals surface area contributed by atoms with Crippen LogP contribution in [0.3, 0.4) is 0 Å². The number of nitrogens with zero attached hydrogens (tertiary/aromatic N) is 2. The van der Waals surface area contributed by atoms with Crippen LogP contribution in [0.25, 0.3) is 0 Å². The Morgan fingerprint density at radius 3 is 2.57 bits per heavy atom. The summed E-state index contributed by atoms with van der Waals surface area (Å²) in [6.45, 7) is 0. The minimum Gasteiger partial charge on any atom is -0.323 e. The number of rotatable bonds is 1. The molecular formula is C12H10N2. The maximum Gasteiger partial charge on any atom is 0.101 e. The van der Waals surface area contributed by atoms with E-state index in [0.29, 0.717) is 5.56 Å². The summed E-state index contributed by atoms with van der Waals surface area (Å²) < 4.78 is 0. The van der Waals surface area contributed by atoms with Crippen LogP contribution in [0.15, 0.2) is 48.8 Å². The van der Waals surface area contributed by atoms with Gasteiger partial charge in [-0.25, -0.2) is 0 Å². The average Bonchev–Trinajstić information content (AvgIpc) is 2.30. The Labute approximate surface area is 83.4 Å². The van der Waals surface area contributed by atoms with Crippen LogP contribution in [0.1, 0.15) is 12.0 Å². The van der Waals surface area contributed by atoms with Crippen molar-refractivity contribution in [3.63, 3.8) is 0 Å². The second kappa shape index (κ2) is 3.80. The summed E-state index contributed by atoms with van der Waals surface area (Å²) in [4.78, 5) is 1.96. The Balaban J connectivity index is 2.41. The predicted octanol–water partition coefficient (Wildman–Crippen LogP) is 2.80. The molecule has 1 aliphatic heterocycles. The fourth-order valence-corrected chi connectivity index (χ4v) is 1.43. The Hall–Kier alpha value is -2.01. The molecule has 0 saturated heterocycles. The zero-order valence-electron chi connectivity index (χ0n) is 7.72. The molecule has 0 fully saturated rings. The van der Waals surface area contributed by atoms with Gasteiger partial charge >= 0.3 is 0 Å². The van der Waals surface area contributed by atoms with E-state index in [9.17, 15) is 0 Å². The van der Waals surface area contributed by atoms with Gasteiger partial charge < -0.3 is 4.90 Å². The average molecular weight is 182 g/mol. The van der Waals surface area contributed by atoms with Crippen molar-refractivity contribution in [3.05, 3.63) is 54.4 Å². The normalized spacial score (nSPS) is 14.1. The van der Waals surface area contributed by atoms with Crippen LogP contribution in [-0.2, 0) is 0 Å². The Bertz CT molecular complexity index is 412. The SMILES string of the molecule is N#Cc1ccccc1N1C=CCC=C1. The van der Waals surface area contributed by atoms with Gasteiger partial charge in [0.15, 0.2) is 0 Å². The van der Waals surface area contributed by atoms with E-state index in [4.69, 9.17) is 5.26 Å². The number of para-hydroxylation sites is 1. The first-order valence-corrected chi connectivity index (χ1v) is 4.52. The molecule has 0 amide bonds. The van der Waals surface area contributed by atoms with Crippen LogP contribution in [0.2, 0.25) is 0 Å². The molecule has 1 aromatic carbocycles. The number of allylic oxidation sites excluding steroid dienone is 2. The van der Waals surface area contributed by atoms with Gasteiger partial charge in [0.2, 0.25) is 0 Å². The molecule has 68 valence electrons. The molecule has 1 heterocycles. The minimum atomic E-state index is 0.698. The smallest absolute Gasteiger partial charge is 0.101 e. The van der Waals surface area contributed by atoms with Gasteiger partial charge in [-0.1, -0.05) is 24.3 Å². The number of benzene rings is 1. The van der Waals surface area contributed by atoms with Crippen LogP contribution in [0.4, 0.5) is 5.69 Å². The summed E-state index contributed by atoms with van der Waals surface area (Å²) in [5.41, 5.74) is 1.63. The van der Waals surface area contributed by atoms with E-state index >= 15 is 0 Å². The fourth-order valence-electron chi connectivity index (χ4n) is 1.43. The van der Waals surface area contributed by atoms with Gasteiger partial charge in [0.1, 0.15) is 6.07 Å². The van der Waals surface area contributed by atoms with Crippen LogP contribution in [-0.4, -0.2) is 0 Å². The summed E-state index contributed by atoms with van der Waals surface area (Å²) in [7, 11) is 0. The van der Waals surface area contributed by atoms with Crippen LogP contribution in [0.5, 0.6) is 0 Å². The topological polar surface area (TPSA) is 27.0 Å². The van der Waals surface area contributed by atoms with Crippen molar-refractivity contribution in [1.29, 1.82) is 5.26 Å². The van der Waals surface area contributed by atoms with Crippen molar-refractivity contribution >= 4 is 5.69 Å². The minimum absolute atomic E-state index is 0.698. The third kappa shape index (κ3) is 1.53. The molecule has 0 unspecified atom stereocenters. The zero-order chi connectivity index (χ0) is 9.80. The number of nitriles is 1. The molecule has 0 bridgehead atoms. The van der Waals surface area contributed by atoms with Crippen molar-refractivity contribution < 1.29 is 0 Å². The standard InChI is InChI=1S/C12H10N2/c13-10-11-6-2-3-7-12(11)14-8-4-1-5-9-14/h2-9H,1H2. The fraction of sp³-hybridized carbons (Fsp3) is 0.0833. The van der Waals surface area contributed by atoms with Crippen LogP contribution in [0, 0.1) is 11.3 Å². The molecule has 1 aliphatic rings. The van der Waals surface area contributed by atoms with Gasteiger partial charge in [-0.15, -0.1) is 0 Å². The molecule has 0 atom stereocenters. The maximum atomic E-state index is 8.92. The molecule has 0 radical (unpaired) electrons. The lowest BCUT2D eigenvalue weighted by atomic mass is 10.1. The monoisotopic (exact) mass is 182 g/mol. The van der Waals surface area contributed by atoms with Gasteiger partial charge in [-0.2, -0.15) is 5.26 Å². The molecule has 0 N–H and O–H groups in total. The first kappa shape index (κ1) is 8.58. The molecule has 0 saturated carbocycles. The van der Waals surface area contributed by atoms with Crippen molar-refractivity contribution in [2.75, 3.05) is 4.90 Å². The molecule has 1 aromatic rings. The largest absolute Gasteiger partial charge is 0.323 e. The van der Waals surface area contributed by atoms with Crippen LogP contribution < -0.4 is 4.90 Å². The lowest BCUT2D eigenvalue weighted by Gasteiger charge is -2.18. The number of anilines is 1. The second-order valence-electron chi connectivity index (χ2n) is 3.04. The van der Waals surface area contributed by atoms with E-state index < -0.39 is 0 Å². The van der Waals surface area contributed by atoms with E-state index in [-0.39, 0.29) is 0 Å². The highest BCUT2D eigenvalue weighted by Crippen LogP contribution is 2.21. The molecule has 14 heavy (non-hydrogen) atoms. The maximum absolute atomic E-state index is 8.92. The highest BCUT2D eigenvalue weighted by Gasteiger charge is 2.06. The molecule has 0 spiro atoms. The Morgan fingerprint density at radius 2 is 1.86 bits per heavy atom. The molecule has 2 rings (SSSR count). The van der Waals surface area contributed by atoms with E-state index in [0.717, 1.165) is 12.1 Å². The third-order valence-corrected chi connectivity index (χ3v) is 2.11.